The van der Waals surface area contributed by atoms with Crippen molar-refractivity contribution in [2.24, 2.45) is 0 Å². The van der Waals surface area contributed by atoms with Crippen LogP contribution in [0.25, 0.3) is 0 Å². The van der Waals surface area contributed by atoms with Gasteiger partial charge in [0.2, 0.25) is 12.2 Å². The predicted octanol–water partition coefficient (Wildman–Crippen LogP) is 0.867. The molecule has 1 aromatic rings. The highest BCUT2D eigenvalue weighted by Crippen LogP contribution is 2.18. The zero-order valence-electron chi connectivity index (χ0n) is 8.97. The van der Waals surface area contributed by atoms with Crippen LogP contribution in [0.5, 0.6) is 0 Å². The van der Waals surface area contributed by atoms with Crippen LogP contribution in [0.15, 0.2) is 24.3 Å². The fourth-order valence-corrected chi connectivity index (χ4v) is 1.44. The number of rotatable bonds is 4. The van der Waals surface area contributed by atoms with Crippen LogP contribution in [0.2, 0.25) is 0 Å². The summed E-state index contributed by atoms with van der Waals surface area (Å²) >= 11 is 0.166. The quantitative estimate of drug-likeness (QED) is 0.443. The summed E-state index contributed by atoms with van der Waals surface area (Å²) in [6, 6.07) is 6.67. The Hall–Kier alpha value is -1.75. The second-order valence-electron chi connectivity index (χ2n) is 3.20. The number of benzene rings is 1. The largest absolute Gasteiger partial charge is 0.317 e. The zero-order chi connectivity index (χ0) is 12.1. The number of para-hydroxylation sites is 1. The normalized spacial score (nSPS) is 9.38. The number of nitrogens with zero attached hydrogens (tertiary/aromatic N) is 1. The molecule has 16 heavy (non-hydrogen) atoms. The van der Waals surface area contributed by atoms with E-state index in [-0.39, 0.29) is 21.9 Å². The van der Waals surface area contributed by atoms with Crippen molar-refractivity contribution in [1.29, 1.82) is 0 Å². The summed E-state index contributed by atoms with van der Waals surface area (Å²) in [4.78, 5) is 23.9. The van der Waals surface area contributed by atoms with E-state index >= 15 is 0 Å². The maximum Gasteiger partial charge on any atom is 0.213 e. The number of ketones is 1. The maximum atomic E-state index is 11.8. The lowest BCUT2D eigenvalue weighted by Gasteiger charge is -2.14. The third kappa shape index (κ3) is 2.43. The van der Waals surface area contributed by atoms with Crippen molar-refractivity contribution in [2.75, 3.05) is 11.9 Å². The first-order chi connectivity index (χ1) is 7.61. The van der Waals surface area contributed by atoms with Crippen molar-refractivity contribution in [3.63, 3.8) is 0 Å². The van der Waals surface area contributed by atoms with E-state index in [0.29, 0.717) is 17.7 Å². The fraction of sp³-hybridized carbons (Fsp3) is 0.182. The van der Waals surface area contributed by atoms with Gasteiger partial charge in [0.15, 0.2) is 0 Å². The first-order valence-electron chi connectivity index (χ1n) is 4.57. The molecular formula is C11H11NO3S. The minimum Gasteiger partial charge on any atom is -0.317 e. The van der Waals surface area contributed by atoms with Crippen LogP contribution in [0, 0.1) is 0 Å². The van der Waals surface area contributed by atoms with Gasteiger partial charge in [0, 0.05) is 12.6 Å². The number of anilines is 1. The highest BCUT2D eigenvalue weighted by molar-refractivity contribution is 7.68. The van der Waals surface area contributed by atoms with Crippen LogP contribution in [0.3, 0.4) is 0 Å². The van der Waals surface area contributed by atoms with Gasteiger partial charge >= 0.3 is 0 Å². The van der Waals surface area contributed by atoms with Gasteiger partial charge in [-0.2, -0.15) is 0 Å². The monoisotopic (exact) mass is 237 g/mol. The molecule has 0 N–H and O–H groups in total. The Balaban J connectivity index is 3.28. The second kappa shape index (κ2) is 5.37. The summed E-state index contributed by atoms with van der Waals surface area (Å²) < 4.78 is 10.6. The molecule has 0 aliphatic carbocycles. The molecule has 0 aliphatic heterocycles. The van der Waals surface area contributed by atoms with Gasteiger partial charge in [-0.1, -0.05) is 12.1 Å². The molecule has 0 unspecified atom stereocenters. The first kappa shape index (κ1) is 12.3. The van der Waals surface area contributed by atoms with Crippen LogP contribution in [0.1, 0.15) is 17.3 Å². The lowest BCUT2D eigenvalue weighted by atomic mass is 10.1. The molecule has 0 fully saturated rings. The molecule has 0 saturated carbocycles. The molecule has 0 aromatic heterocycles. The minimum atomic E-state index is -0.343. The van der Waals surface area contributed by atoms with Gasteiger partial charge in [-0.05, 0) is 19.1 Å². The second-order valence-corrected chi connectivity index (χ2v) is 3.98. The zero-order valence-corrected chi connectivity index (χ0v) is 9.78. The molecule has 1 amide bonds. The number of hydrogen-bond acceptors (Lipinski definition) is 3. The van der Waals surface area contributed by atoms with Gasteiger partial charge in [0.1, 0.15) is 0 Å². The lowest BCUT2D eigenvalue weighted by molar-refractivity contribution is -0.107. The van der Waals surface area contributed by atoms with Crippen molar-refractivity contribution in [3.8, 4) is 0 Å². The van der Waals surface area contributed by atoms with Crippen molar-refractivity contribution in [1.82, 2.24) is 0 Å². The van der Waals surface area contributed by atoms with E-state index in [2.05, 4.69) is 0 Å². The number of Topliss-reactive ketones (excluding diaryl/α,β-unsaturated/α-hetero) is 1. The van der Waals surface area contributed by atoms with Gasteiger partial charge in [-0.3, -0.25) is 9.59 Å². The van der Waals surface area contributed by atoms with Crippen LogP contribution in [-0.4, -0.2) is 28.3 Å². The van der Waals surface area contributed by atoms with E-state index < -0.39 is 0 Å². The number of hydrogen-bond donors (Lipinski definition) is 0. The lowest BCUT2D eigenvalue weighted by Crippen LogP contribution is -2.20. The van der Waals surface area contributed by atoms with Crippen LogP contribution >= 0.6 is 0 Å². The molecule has 0 radical (unpaired) electrons. The Morgan fingerprint density at radius 1 is 1.38 bits per heavy atom. The Morgan fingerprint density at radius 3 is 2.56 bits per heavy atom. The topological polar surface area (TPSA) is 54.5 Å². The maximum absolute atomic E-state index is 11.8. The Morgan fingerprint density at radius 2 is 2.00 bits per heavy atom. The van der Waals surface area contributed by atoms with Crippen LogP contribution in [-0.2, 0) is 16.1 Å². The van der Waals surface area contributed by atoms with Crippen LogP contribution in [0.4, 0.5) is 5.69 Å². The summed E-state index contributed by atoms with van der Waals surface area (Å²) in [5.74, 6) is -0.343. The van der Waals surface area contributed by atoms with Gasteiger partial charge in [-0.25, -0.2) is 4.21 Å². The van der Waals surface area contributed by atoms with Crippen molar-refractivity contribution in [2.45, 2.75) is 6.92 Å². The Kier molecular flexibility index (Phi) is 4.13. The van der Waals surface area contributed by atoms with Gasteiger partial charge in [0.25, 0.3) is 0 Å². The summed E-state index contributed by atoms with van der Waals surface area (Å²) in [5, 5.41) is 0. The summed E-state index contributed by atoms with van der Waals surface area (Å²) in [6.07, 6.45) is 0.617. The average Bonchev–Trinajstić information content (AvgIpc) is 2.35. The van der Waals surface area contributed by atoms with Gasteiger partial charge in [-0.15, -0.1) is 0 Å². The smallest absolute Gasteiger partial charge is 0.213 e. The van der Waals surface area contributed by atoms with Crippen molar-refractivity contribution in [3.05, 3.63) is 29.8 Å². The molecule has 1 aromatic carbocycles. The molecule has 1 rings (SSSR count). The third-order valence-electron chi connectivity index (χ3n) is 2.13. The molecule has 0 bridgehead atoms. The van der Waals surface area contributed by atoms with Crippen molar-refractivity contribution >= 4 is 34.0 Å². The molecule has 0 aliphatic rings. The highest BCUT2D eigenvalue weighted by Gasteiger charge is 2.15. The van der Waals surface area contributed by atoms with E-state index in [0.717, 1.165) is 0 Å². The average molecular weight is 237 g/mol. The van der Waals surface area contributed by atoms with E-state index in [1.165, 1.54) is 11.8 Å². The molecule has 0 heterocycles. The van der Waals surface area contributed by atoms with Crippen molar-refractivity contribution < 1.29 is 13.8 Å². The summed E-state index contributed by atoms with van der Waals surface area (Å²) in [5.41, 5.74) is 0.855. The highest BCUT2D eigenvalue weighted by atomic mass is 32.1. The third-order valence-corrected chi connectivity index (χ3v) is 2.57. The standard InChI is InChI=1S/C11H11NO3S/c1-8(16-15)11(14)9-5-3-4-6-10(9)12(2)7-13/h3-7H,1-2H3. The SMILES string of the molecule is CC(=S=O)C(=O)c1ccccc1N(C)C=O. The Labute approximate surface area is 96.9 Å². The molecule has 4 nitrogen and oxygen atoms in total. The van der Waals surface area contributed by atoms with E-state index in [1.54, 1.807) is 31.3 Å². The van der Waals surface area contributed by atoms with Gasteiger partial charge in [0.05, 0.1) is 21.8 Å². The molecule has 0 saturated heterocycles. The number of carbonyl (C=O) groups excluding carboxylic acids is 2. The van der Waals surface area contributed by atoms with Gasteiger partial charge < -0.3 is 4.90 Å². The molecule has 5 heteroatoms. The molecule has 0 spiro atoms. The first-order valence-corrected chi connectivity index (χ1v) is 5.31. The van der Waals surface area contributed by atoms with E-state index in [4.69, 9.17) is 0 Å². The molecule has 84 valence electrons. The number of carbonyl (C=O) groups is 2. The predicted molar refractivity (Wildman–Crippen MR) is 64.1 cm³/mol. The van der Waals surface area contributed by atoms with Crippen LogP contribution < -0.4 is 4.90 Å². The molecule has 0 atom stereocenters. The minimum absolute atomic E-state index is 0.159. The van der Waals surface area contributed by atoms with E-state index in [9.17, 15) is 13.8 Å². The Bertz CT molecular complexity index is 478. The number of amides is 1. The molecular weight excluding hydrogens is 226 g/mol. The van der Waals surface area contributed by atoms with E-state index in [1.807, 2.05) is 0 Å². The summed E-state index contributed by atoms with van der Waals surface area (Å²) in [7, 11) is 1.55. The fourth-order valence-electron chi connectivity index (χ4n) is 1.26. The summed E-state index contributed by atoms with van der Waals surface area (Å²) in [6.45, 7) is 1.47.